The Labute approximate surface area is 102 Å². The average Bonchev–Trinajstić information content (AvgIpc) is 2.25. The van der Waals surface area contributed by atoms with Crippen LogP contribution in [0.5, 0.6) is 0 Å². The molecule has 0 amide bonds. The molecule has 0 spiro atoms. The quantitative estimate of drug-likeness (QED) is 0.476. The fourth-order valence-electron chi connectivity index (χ4n) is 1.50. The highest BCUT2D eigenvalue weighted by atomic mass is 35.7. The van der Waals surface area contributed by atoms with E-state index in [-0.39, 0.29) is 23.2 Å². The Morgan fingerprint density at radius 3 is 2.47 bits per heavy atom. The van der Waals surface area contributed by atoms with E-state index in [0.717, 1.165) is 12.1 Å². The number of nitriles is 1. The first-order valence-corrected chi connectivity index (χ1v) is 6.78. The Hall–Kier alpha value is -1.65. The second-order valence-corrected chi connectivity index (χ2v) is 5.60. The third kappa shape index (κ3) is 2.54. The molecule has 0 radical (unpaired) electrons. The zero-order valence-electron chi connectivity index (χ0n) is 8.68. The van der Waals surface area contributed by atoms with E-state index < -0.39 is 18.9 Å². The van der Waals surface area contributed by atoms with Crippen LogP contribution in [-0.2, 0) is 15.5 Å². The fraction of sp³-hybridized carbons (Fsp3) is 0.222. The van der Waals surface area contributed by atoms with E-state index in [2.05, 4.69) is 0 Å². The van der Waals surface area contributed by atoms with E-state index in [1.54, 1.807) is 13.0 Å². The van der Waals surface area contributed by atoms with Crippen molar-refractivity contribution in [3.05, 3.63) is 33.4 Å². The minimum absolute atomic E-state index is 0.0518. The molecule has 0 aliphatic rings. The lowest BCUT2D eigenvalue weighted by Crippen LogP contribution is -2.05. The maximum atomic E-state index is 11.4. The summed E-state index contributed by atoms with van der Waals surface area (Å²) in [5, 5.41) is 19.5. The highest BCUT2D eigenvalue weighted by molar-refractivity contribution is 8.13. The van der Waals surface area contributed by atoms with Crippen molar-refractivity contribution < 1.29 is 13.3 Å². The largest absolute Gasteiger partial charge is 0.274 e. The summed E-state index contributed by atoms with van der Waals surface area (Å²) in [7, 11) is 1.00. The van der Waals surface area contributed by atoms with Crippen LogP contribution in [-0.4, -0.2) is 13.3 Å². The number of hydrogen-bond donors (Lipinski definition) is 0. The normalized spacial score (nSPS) is 10.9. The summed E-state index contributed by atoms with van der Waals surface area (Å²) in [5.74, 6) is 0. The summed E-state index contributed by atoms with van der Waals surface area (Å²) in [6, 6.07) is 3.83. The maximum Gasteiger partial charge on any atom is 0.274 e. The lowest BCUT2D eigenvalue weighted by molar-refractivity contribution is -0.385. The van der Waals surface area contributed by atoms with Crippen molar-refractivity contribution in [2.45, 2.75) is 18.2 Å². The highest BCUT2D eigenvalue weighted by Crippen LogP contribution is 2.31. The van der Waals surface area contributed by atoms with E-state index in [4.69, 9.17) is 15.9 Å². The third-order valence-corrected chi connectivity index (χ3v) is 3.57. The van der Waals surface area contributed by atoms with Crippen molar-refractivity contribution in [3.63, 3.8) is 0 Å². The number of rotatable bonds is 3. The molecule has 0 bridgehead atoms. The molecule has 0 N–H and O–H groups in total. The standard InChI is InChI=1S/C9H7ClN2O4S/c1-2-7-8(12(13)14)4-3-6(5-11)9(7)17(10,15)16/h3-4H,2H2,1H3. The molecule has 1 aromatic rings. The van der Waals surface area contributed by atoms with Gasteiger partial charge in [-0.1, -0.05) is 6.92 Å². The van der Waals surface area contributed by atoms with Gasteiger partial charge in [0.2, 0.25) is 0 Å². The Balaban J connectivity index is 3.82. The van der Waals surface area contributed by atoms with Gasteiger partial charge in [0.15, 0.2) is 0 Å². The molecule has 0 aliphatic carbocycles. The molecule has 1 rings (SSSR count). The second-order valence-electron chi connectivity index (χ2n) is 3.10. The SMILES string of the molecule is CCc1c([N+](=O)[O-])ccc(C#N)c1S(=O)(=O)Cl. The number of nitro benzene ring substituents is 1. The number of halogens is 1. The van der Waals surface area contributed by atoms with E-state index in [0.29, 0.717) is 0 Å². The van der Waals surface area contributed by atoms with Crippen LogP contribution in [0, 0.1) is 21.4 Å². The summed E-state index contributed by atoms with van der Waals surface area (Å²) in [4.78, 5) is 9.57. The molecule has 0 saturated heterocycles. The van der Waals surface area contributed by atoms with Gasteiger partial charge in [0.25, 0.3) is 14.7 Å². The van der Waals surface area contributed by atoms with Crippen molar-refractivity contribution >= 4 is 25.4 Å². The minimum atomic E-state index is -4.20. The monoisotopic (exact) mass is 274 g/mol. The van der Waals surface area contributed by atoms with Gasteiger partial charge >= 0.3 is 0 Å². The first-order valence-electron chi connectivity index (χ1n) is 4.48. The summed E-state index contributed by atoms with van der Waals surface area (Å²) in [6.07, 6.45) is 0.0904. The van der Waals surface area contributed by atoms with Crippen molar-refractivity contribution in [1.82, 2.24) is 0 Å². The van der Waals surface area contributed by atoms with E-state index in [1.807, 2.05) is 0 Å². The summed E-state index contributed by atoms with van der Waals surface area (Å²) >= 11 is 0. The van der Waals surface area contributed by atoms with Gasteiger partial charge in [-0.2, -0.15) is 5.26 Å². The third-order valence-electron chi connectivity index (χ3n) is 2.15. The Morgan fingerprint density at radius 1 is 1.53 bits per heavy atom. The molecule has 17 heavy (non-hydrogen) atoms. The van der Waals surface area contributed by atoms with Gasteiger partial charge < -0.3 is 0 Å². The van der Waals surface area contributed by atoms with Crippen LogP contribution in [0.4, 0.5) is 5.69 Å². The van der Waals surface area contributed by atoms with Gasteiger partial charge in [-0.3, -0.25) is 10.1 Å². The van der Waals surface area contributed by atoms with Crippen LogP contribution in [0.1, 0.15) is 18.1 Å². The lowest BCUT2D eigenvalue weighted by atomic mass is 10.1. The Kier molecular flexibility index (Phi) is 3.70. The van der Waals surface area contributed by atoms with E-state index >= 15 is 0 Å². The first kappa shape index (κ1) is 13.4. The van der Waals surface area contributed by atoms with Gasteiger partial charge in [-0.05, 0) is 12.5 Å². The molecular formula is C9H7ClN2O4S. The lowest BCUT2D eigenvalue weighted by Gasteiger charge is -2.06. The molecule has 0 fully saturated rings. The fourth-order valence-corrected chi connectivity index (χ4v) is 2.95. The first-order chi connectivity index (χ1) is 7.82. The predicted octanol–water partition coefficient (Wildman–Crippen LogP) is 1.96. The van der Waals surface area contributed by atoms with Crippen LogP contribution in [0.25, 0.3) is 0 Å². The summed E-state index contributed by atoms with van der Waals surface area (Å²) in [6.45, 7) is 1.55. The van der Waals surface area contributed by atoms with Crippen LogP contribution < -0.4 is 0 Å². The predicted molar refractivity (Wildman–Crippen MR) is 60.2 cm³/mol. The number of nitro groups is 1. The topological polar surface area (TPSA) is 101 Å². The molecule has 1 aromatic carbocycles. The number of benzene rings is 1. The van der Waals surface area contributed by atoms with Crippen LogP contribution in [0.15, 0.2) is 17.0 Å². The molecule has 0 aliphatic heterocycles. The zero-order chi connectivity index (χ0) is 13.2. The zero-order valence-corrected chi connectivity index (χ0v) is 10.2. The van der Waals surface area contributed by atoms with Crippen molar-refractivity contribution in [1.29, 1.82) is 5.26 Å². The summed E-state index contributed by atoms with van der Waals surface area (Å²) in [5.41, 5.74) is -0.600. The molecule has 8 heteroatoms. The minimum Gasteiger partial charge on any atom is -0.258 e. The van der Waals surface area contributed by atoms with Crippen LogP contribution >= 0.6 is 10.7 Å². The smallest absolute Gasteiger partial charge is 0.258 e. The molecular weight excluding hydrogens is 268 g/mol. The molecule has 0 saturated carbocycles. The van der Waals surface area contributed by atoms with Gasteiger partial charge in [0.05, 0.1) is 16.1 Å². The van der Waals surface area contributed by atoms with Gasteiger partial charge in [-0.25, -0.2) is 8.42 Å². The van der Waals surface area contributed by atoms with Crippen molar-refractivity contribution in [2.24, 2.45) is 0 Å². The Bertz CT molecular complexity index is 619. The van der Waals surface area contributed by atoms with Gasteiger partial charge in [0, 0.05) is 16.7 Å². The van der Waals surface area contributed by atoms with Crippen LogP contribution in [0.2, 0.25) is 0 Å². The number of nitrogens with zero attached hydrogens (tertiary/aromatic N) is 2. The van der Waals surface area contributed by atoms with Crippen LogP contribution in [0.3, 0.4) is 0 Å². The van der Waals surface area contributed by atoms with Gasteiger partial charge in [0.1, 0.15) is 11.0 Å². The Morgan fingerprint density at radius 2 is 2.12 bits per heavy atom. The van der Waals surface area contributed by atoms with E-state index in [9.17, 15) is 18.5 Å². The van der Waals surface area contributed by atoms with Crippen molar-refractivity contribution in [3.8, 4) is 6.07 Å². The average molecular weight is 275 g/mol. The molecule has 0 heterocycles. The maximum absolute atomic E-state index is 11.4. The molecule has 6 nitrogen and oxygen atoms in total. The van der Waals surface area contributed by atoms with Crippen molar-refractivity contribution in [2.75, 3.05) is 0 Å². The van der Waals surface area contributed by atoms with E-state index in [1.165, 1.54) is 0 Å². The van der Waals surface area contributed by atoms with Gasteiger partial charge in [-0.15, -0.1) is 0 Å². The number of hydrogen-bond acceptors (Lipinski definition) is 5. The molecule has 0 unspecified atom stereocenters. The highest BCUT2D eigenvalue weighted by Gasteiger charge is 2.26. The molecule has 0 atom stereocenters. The molecule has 0 aromatic heterocycles. The second kappa shape index (κ2) is 4.69. The summed E-state index contributed by atoms with van der Waals surface area (Å²) < 4.78 is 22.7. The molecule has 90 valence electrons.